The van der Waals surface area contributed by atoms with Gasteiger partial charge in [0.25, 0.3) is 0 Å². The zero-order chi connectivity index (χ0) is 15.1. The molecule has 0 spiro atoms. The van der Waals surface area contributed by atoms with Gasteiger partial charge in [-0.05, 0) is 62.4 Å². The SMILES string of the molecule is CC(=O)c1ccc(O)cc1.CC(=O)c1ccc(O)cc1.[Cl-].[Cl-].[Zr+2]. The predicted octanol–water partition coefficient (Wildman–Crippen LogP) is -2.80. The minimum atomic E-state index is 0. The summed E-state index contributed by atoms with van der Waals surface area (Å²) in [5, 5.41) is 17.7. The van der Waals surface area contributed by atoms with Crippen LogP contribution >= 0.6 is 0 Å². The maximum absolute atomic E-state index is 10.7. The number of carbonyl (C=O) groups is 2. The second kappa shape index (κ2) is 13.3. The van der Waals surface area contributed by atoms with Crippen LogP contribution in [0.5, 0.6) is 11.5 Å². The molecule has 0 saturated heterocycles. The van der Waals surface area contributed by atoms with Crippen molar-refractivity contribution in [2.45, 2.75) is 13.8 Å². The molecule has 0 saturated carbocycles. The third-order valence-electron chi connectivity index (χ3n) is 2.55. The number of rotatable bonds is 2. The number of ketones is 2. The van der Waals surface area contributed by atoms with Gasteiger partial charge in [-0.25, -0.2) is 0 Å². The number of halogens is 2. The maximum atomic E-state index is 10.7. The summed E-state index contributed by atoms with van der Waals surface area (Å²) in [5.41, 5.74) is 1.25. The monoisotopic (exact) mass is 432 g/mol. The van der Waals surface area contributed by atoms with Crippen LogP contribution in [-0.2, 0) is 26.2 Å². The Morgan fingerprint density at radius 3 is 1.04 bits per heavy atom. The fraction of sp³-hybridized carbons (Fsp3) is 0.125. The van der Waals surface area contributed by atoms with E-state index in [4.69, 9.17) is 10.2 Å². The number of phenolic OH excluding ortho intramolecular Hbond substituents is 2. The molecule has 0 aliphatic rings. The average molecular weight is 434 g/mol. The molecule has 0 aliphatic carbocycles. The van der Waals surface area contributed by atoms with Crippen LogP contribution in [0.1, 0.15) is 34.6 Å². The summed E-state index contributed by atoms with van der Waals surface area (Å²) < 4.78 is 0. The van der Waals surface area contributed by atoms with Crippen molar-refractivity contribution in [1.82, 2.24) is 0 Å². The molecule has 0 amide bonds. The van der Waals surface area contributed by atoms with Crippen molar-refractivity contribution >= 4 is 11.6 Å². The van der Waals surface area contributed by atoms with E-state index in [2.05, 4.69) is 0 Å². The second-order valence-electron chi connectivity index (χ2n) is 4.21. The van der Waals surface area contributed by atoms with E-state index >= 15 is 0 Å². The molecule has 0 aromatic heterocycles. The van der Waals surface area contributed by atoms with Crippen LogP contribution in [0.4, 0.5) is 0 Å². The summed E-state index contributed by atoms with van der Waals surface area (Å²) in [6, 6.07) is 12.4. The number of aromatic hydroxyl groups is 2. The Morgan fingerprint density at radius 1 is 0.652 bits per heavy atom. The smallest absolute Gasteiger partial charge is 1.00 e. The molecular formula is C16H16Cl2O4Zr. The third-order valence-corrected chi connectivity index (χ3v) is 2.55. The maximum Gasteiger partial charge on any atom is 2.00 e. The summed E-state index contributed by atoms with van der Waals surface area (Å²) in [4.78, 5) is 21.4. The molecule has 2 N–H and O–H groups in total. The van der Waals surface area contributed by atoms with Gasteiger partial charge in [-0.2, -0.15) is 0 Å². The van der Waals surface area contributed by atoms with Crippen LogP contribution in [0, 0.1) is 0 Å². The summed E-state index contributed by atoms with van der Waals surface area (Å²) in [7, 11) is 0. The Labute approximate surface area is 166 Å². The Morgan fingerprint density at radius 2 is 0.870 bits per heavy atom. The normalized spacial score (nSPS) is 8.09. The van der Waals surface area contributed by atoms with Crippen molar-refractivity contribution in [2.75, 3.05) is 0 Å². The average Bonchev–Trinajstić information content (AvgIpc) is 2.40. The van der Waals surface area contributed by atoms with E-state index in [0.717, 1.165) is 0 Å². The van der Waals surface area contributed by atoms with Crippen LogP contribution in [0.25, 0.3) is 0 Å². The van der Waals surface area contributed by atoms with Crippen molar-refractivity contribution in [3.8, 4) is 11.5 Å². The number of carbonyl (C=O) groups excluding carboxylic acids is 2. The minimum absolute atomic E-state index is 0. The minimum Gasteiger partial charge on any atom is -1.00 e. The largest absolute Gasteiger partial charge is 2.00 e. The first-order chi connectivity index (χ1) is 9.40. The molecule has 0 atom stereocenters. The Hall–Kier alpha value is -1.16. The molecule has 2 rings (SSSR count). The van der Waals surface area contributed by atoms with Gasteiger partial charge in [-0.3, -0.25) is 9.59 Å². The van der Waals surface area contributed by atoms with Crippen LogP contribution < -0.4 is 24.8 Å². The number of phenols is 2. The van der Waals surface area contributed by atoms with Crippen molar-refractivity contribution in [3.63, 3.8) is 0 Å². The van der Waals surface area contributed by atoms with E-state index in [1.54, 1.807) is 24.3 Å². The van der Waals surface area contributed by atoms with Crippen LogP contribution in [0.15, 0.2) is 48.5 Å². The Bertz CT molecular complexity index is 543. The summed E-state index contributed by atoms with van der Waals surface area (Å²) in [5.74, 6) is 0.398. The molecule has 7 heteroatoms. The number of hydrogen-bond acceptors (Lipinski definition) is 4. The zero-order valence-electron chi connectivity index (χ0n) is 12.6. The fourth-order valence-corrected chi connectivity index (χ4v) is 1.39. The summed E-state index contributed by atoms with van der Waals surface area (Å²) in [6.45, 7) is 2.98. The third kappa shape index (κ3) is 10.3. The van der Waals surface area contributed by atoms with Gasteiger partial charge in [-0.15, -0.1) is 0 Å². The number of hydrogen-bond donors (Lipinski definition) is 2. The molecule has 23 heavy (non-hydrogen) atoms. The van der Waals surface area contributed by atoms with Gasteiger partial charge in [0, 0.05) is 11.1 Å². The van der Waals surface area contributed by atoms with Crippen molar-refractivity contribution < 1.29 is 70.8 Å². The van der Waals surface area contributed by atoms with Gasteiger partial charge in [-0.1, -0.05) is 0 Å². The van der Waals surface area contributed by atoms with Crippen LogP contribution in [0.2, 0.25) is 0 Å². The molecule has 0 fully saturated rings. The number of Topliss-reactive ketones (excluding diaryl/α,β-unsaturated/α-hetero) is 2. The van der Waals surface area contributed by atoms with Gasteiger partial charge >= 0.3 is 26.2 Å². The van der Waals surface area contributed by atoms with Crippen molar-refractivity contribution in [2.24, 2.45) is 0 Å². The van der Waals surface area contributed by atoms with Gasteiger partial charge in [0.05, 0.1) is 0 Å². The van der Waals surface area contributed by atoms with Crippen LogP contribution in [-0.4, -0.2) is 21.8 Å². The second-order valence-corrected chi connectivity index (χ2v) is 4.21. The molecule has 0 unspecified atom stereocenters. The Kier molecular flexibility index (Phi) is 15.5. The quantitative estimate of drug-likeness (QED) is 0.501. The predicted molar refractivity (Wildman–Crippen MR) is 76.2 cm³/mol. The molecule has 122 valence electrons. The van der Waals surface area contributed by atoms with E-state index in [0.29, 0.717) is 11.1 Å². The molecular weight excluding hydrogens is 418 g/mol. The zero-order valence-corrected chi connectivity index (χ0v) is 16.6. The molecule has 2 aromatic carbocycles. The molecule has 2 aromatic rings. The number of benzene rings is 2. The van der Waals surface area contributed by atoms with Gasteiger partial charge in [0.2, 0.25) is 0 Å². The first-order valence-electron chi connectivity index (χ1n) is 6.00. The first-order valence-corrected chi connectivity index (χ1v) is 6.00. The topological polar surface area (TPSA) is 74.6 Å². The van der Waals surface area contributed by atoms with Crippen LogP contribution in [0.3, 0.4) is 0 Å². The van der Waals surface area contributed by atoms with Gasteiger partial charge in [0.15, 0.2) is 11.6 Å². The first kappa shape index (κ1) is 26.7. The van der Waals surface area contributed by atoms with E-state index in [1.807, 2.05) is 0 Å². The molecule has 4 nitrogen and oxygen atoms in total. The van der Waals surface area contributed by atoms with E-state index in [1.165, 1.54) is 38.1 Å². The van der Waals surface area contributed by atoms with E-state index < -0.39 is 0 Å². The molecule has 0 heterocycles. The summed E-state index contributed by atoms with van der Waals surface area (Å²) in [6.07, 6.45) is 0. The van der Waals surface area contributed by atoms with Gasteiger partial charge < -0.3 is 35.0 Å². The summed E-state index contributed by atoms with van der Waals surface area (Å²) >= 11 is 0. The van der Waals surface area contributed by atoms with Crippen molar-refractivity contribution in [3.05, 3.63) is 59.7 Å². The van der Waals surface area contributed by atoms with E-state index in [9.17, 15) is 9.59 Å². The van der Waals surface area contributed by atoms with E-state index in [-0.39, 0.29) is 74.1 Å². The Balaban J connectivity index is -0.000000308. The standard InChI is InChI=1S/2C8H8O2.2ClH.Zr/c2*1-6(9)7-2-4-8(10)5-3-7;;;/h2*2-5,10H,1H3;2*1H;/q;;;;+2/p-2. The molecule has 0 radical (unpaired) electrons. The van der Waals surface area contributed by atoms with Gasteiger partial charge in [0.1, 0.15) is 11.5 Å². The fourth-order valence-electron chi connectivity index (χ4n) is 1.39. The molecule has 0 aliphatic heterocycles. The molecule has 0 bridgehead atoms. The van der Waals surface area contributed by atoms with Crippen molar-refractivity contribution in [1.29, 1.82) is 0 Å².